The number of benzene rings is 2. The van der Waals surface area contributed by atoms with Crippen molar-refractivity contribution >= 4 is 37.4 Å². The Morgan fingerprint density at radius 2 is 2.00 bits per heavy atom. The van der Waals surface area contributed by atoms with E-state index in [1.165, 1.54) is 31.2 Å². The Hall–Kier alpha value is -1.16. The van der Waals surface area contributed by atoms with Gasteiger partial charge >= 0.3 is 0 Å². The Balaban J connectivity index is 1.92. The number of halogens is 1. The summed E-state index contributed by atoms with van der Waals surface area (Å²) < 4.78 is 2.54. The largest absolute Gasteiger partial charge is 0.313 e. The van der Waals surface area contributed by atoms with Crippen molar-refractivity contribution in [3.05, 3.63) is 69.0 Å². The average molecular weight is 360 g/mol. The van der Waals surface area contributed by atoms with E-state index in [-0.39, 0.29) is 0 Å². The van der Waals surface area contributed by atoms with Crippen LogP contribution in [0.3, 0.4) is 0 Å². The molecule has 21 heavy (non-hydrogen) atoms. The number of fused-ring (bicyclic) bond motifs is 1. The van der Waals surface area contributed by atoms with Crippen LogP contribution >= 0.6 is 27.3 Å². The first kappa shape index (κ1) is 14.8. The molecule has 0 amide bonds. The molecule has 1 aromatic heterocycles. The van der Waals surface area contributed by atoms with Crippen molar-refractivity contribution < 1.29 is 0 Å². The highest BCUT2D eigenvalue weighted by Gasteiger charge is 2.13. The zero-order valence-corrected chi connectivity index (χ0v) is 14.6. The van der Waals surface area contributed by atoms with Crippen LogP contribution in [0.4, 0.5) is 0 Å². The molecule has 108 valence electrons. The van der Waals surface area contributed by atoms with Gasteiger partial charge in [-0.25, -0.2) is 0 Å². The zero-order valence-electron chi connectivity index (χ0n) is 12.2. The zero-order chi connectivity index (χ0) is 14.8. The van der Waals surface area contributed by atoms with Gasteiger partial charge in [0.05, 0.1) is 0 Å². The van der Waals surface area contributed by atoms with Crippen LogP contribution < -0.4 is 5.32 Å². The SMILES string of the molecule is CNC(Cc1csc2ccccc12)c1ccc(Br)c(C)c1. The van der Waals surface area contributed by atoms with E-state index in [2.05, 4.69) is 76.0 Å². The van der Waals surface area contributed by atoms with Crippen molar-refractivity contribution in [1.29, 1.82) is 0 Å². The summed E-state index contributed by atoms with van der Waals surface area (Å²) in [5.41, 5.74) is 4.05. The maximum atomic E-state index is 3.57. The minimum Gasteiger partial charge on any atom is -0.313 e. The average Bonchev–Trinajstić information content (AvgIpc) is 2.91. The lowest BCUT2D eigenvalue weighted by Gasteiger charge is -2.17. The fourth-order valence-electron chi connectivity index (χ4n) is 2.68. The topological polar surface area (TPSA) is 12.0 Å². The van der Waals surface area contributed by atoms with E-state index in [0.717, 1.165) is 6.42 Å². The lowest BCUT2D eigenvalue weighted by atomic mass is 9.97. The monoisotopic (exact) mass is 359 g/mol. The molecule has 3 heteroatoms. The number of hydrogen-bond acceptors (Lipinski definition) is 2. The minimum atomic E-state index is 0.342. The van der Waals surface area contributed by atoms with Crippen LogP contribution in [-0.2, 0) is 6.42 Å². The van der Waals surface area contributed by atoms with Gasteiger partial charge in [0.25, 0.3) is 0 Å². The van der Waals surface area contributed by atoms with Crippen LogP contribution in [0.15, 0.2) is 52.3 Å². The van der Waals surface area contributed by atoms with Gasteiger partial charge in [0, 0.05) is 15.2 Å². The molecule has 1 heterocycles. The molecular formula is C18H18BrNS. The van der Waals surface area contributed by atoms with Gasteiger partial charge in [-0.05, 0) is 60.0 Å². The Labute approximate surface area is 138 Å². The molecule has 0 saturated heterocycles. The summed E-state index contributed by atoms with van der Waals surface area (Å²) in [5, 5.41) is 7.14. The lowest BCUT2D eigenvalue weighted by Crippen LogP contribution is -2.18. The third-order valence-corrected chi connectivity index (χ3v) is 5.82. The molecule has 0 saturated carbocycles. The van der Waals surface area contributed by atoms with Crippen LogP contribution in [0.5, 0.6) is 0 Å². The molecule has 0 bridgehead atoms. The molecular weight excluding hydrogens is 342 g/mol. The second kappa shape index (κ2) is 6.30. The van der Waals surface area contributed by atoms with Crippen molar-refractivity contribution in [2.45, 2.75) is 19.4 Å². The van der Waals surface area contributed by atoms with Crippen LogP contribution in [-0.4, -0.2) is 7.05 Å². The molecule has 0 fully saturated rings. The van der Waals surface area contributed by atoms with Crippen LogP contribution in [0.1, 0.15) is 22.7 Å². The first-order valence-electron chi connectivity index (χ1n) is 7.07. The van der Waals surface area contributed by atoms with Gasteiger partial charge in [-0.1, -0.05) is 46.3 Å². The van der Waals surface area contributed by atoms with Crippen molar-refractivity contribution in [3.63, 3.8) is 0 Å². The van der Waals surface area contributed by atoms with Gasteiger partial charge in [0.15, 0.2) is 0 Å². The second-order valence-electron chi connectivity index (χ2n) is 5.31. The van der Waals surface area contributed by atoms with Crippen LogP contribution in [0, 0.1) is 6.92 Å². The van der Waals surface area contributed by atoms with E-state index in [4.69, 9.17) is 0 Å². The summed E-state index contributed by atoms with van der Waals surface area (Å²) in [6.07, 6.45) is 1.02. The first-order valence-corrected chi connectivity index (χ1v) is 8.74. The molecule has 0 radical (unpaired) electrons. The van der Waals surface area contributed by atoms with Gasteiger partial charge in [-0.3, -0.25) is 0 Å². The number of thiophene rings is 1. The Morgan fingerprint density at radius 1 is 1.19 bits per heavy atom. The number of likely N-dealkylation sites (N-methyl/N-ethyl adjacent to an activating group) is 1. The number of hydrogen-bond donors (Lipinski definition) is 1. The molecule has 1 atom stereocenters. The molecule has 2 aromatic carbocycles. The van der Waals surface area contributed by atoms with Crippen LogP contribution in [0.25, 0.3) is 10.1 Å². The Kier molecular flexibility index (Phi) is 4.43. The number of aryl methyl sites for hydroxylation is 1. The quantitative estimate of drug-likeness (QED) is 0.650. The van der Waals surface area contributed by atoms with E-state index in [1.807, 2.05) is 18.4 Å². The van der Waals surface area contributed by atoms with Crippen molar-refractivity contribution in [2.75, 3.05) is 7.05 Å². The third-order valence-electron chi connectivity index (χ3n) is 3.92. The van der Waals surface area contributed by atoms with Gasteiger partial charge in [-0.15, -0.1) is 11.3 Å². The number of nitrogens with one attached hydrogen (secondary N) is 1. The molecule has 3 aromatic rings. The highest BCUT2D eigenvalue weighted by molar-refractivity contribution is 9.10. The molecule has 1 nitrogen and oxygen atoms in total. The molecule has 0 aliphatic carbocycles. The molecule has 0 aliphatic heterocycles. The highest BCUT2D eigenvalue weighted by atomic mass is 79.9. The predicted molar refractivity (Wildman–Crippen MR) is 96.2 cm³/mol. The maximum absolute atomic E-state index is 3.57. The summed E-state index contributed by atoms with van der Waals surface area (Å²) >= 11 is 5.41. The second-order valence-corrected chi connectivity index (χ2v) is 7.08. The lowest BCUT2D eigenvalue weighted by molar-refractivity contribution is 0.594. The normalized spacial score (nSPS) is 12.7. The highest BCUT2D eigenvalue weighted by Crippen LogP contribution is 2.30. The van der Waals surface area contributed by atoms with E-state index in [1.54, 1.807) is 0 Å². The number of rotatable bonds is 4. The van der Waals surface area contributed by atoms with Crippen LogP contribution in [0.2, 0.25) is 0 Å². The predicted octanol–water partition coefficient (Wildman–Crippen LogP) is 5.48. The summed E-state index contributed by atoms with van der Waals surface area (Å²) in [6.45, 7) is 2.14. The third kappa shape index (κ3) is 3.05. The maximum Gasteiger partial charge on any atom is 0.0359 e. The minimum absolute atomic E-state index is 0.342. The molecule has 1 unspecified atom stereocenters. The molecule has 0 spiro atoms. The van der Waals surface area contributed by atoms with Crippen molar-refractivity contribution in [1.82, 2.24) is 5.32 Å². The van der Waals surface area contributed by atoms with E-state index < -0.39 is 0 Å². The molecule has 1 N–H and O–H groups in total. The van der Waals surface area contributed by atoms with Gasteiger partial charge < -0.3 is 5.32 Å². The van der Waals surface area contributed by atoms with Gasteiger partial charge in [0.2, 0.25) is 0 Å². The molecule has 3 rings (SSSR count). The summed E-state index contributed by atoms with van der Waals surface area (Å²) in [5.74, 6) is 0. The van der Waals surface area contributed by atoms with E-state index in [9.17, 15) is 0 Å². The van der Waals surface area contributed by atoms with Crippen molar-refractivity contribution in [3.8, 4) is 0 Å². The standard InChI is InChI=1S/C18H18BrNS/c1-12-9-13(7-8-16(12)19)17(20-2)10-14-11-21-18-6-4-3-5-15(14)18/h3-9,11,17,20H,10H2,1-2H3. The van der Waals surface area contributed by atoms with Gasteiger partial charge in [-0.2, -0.15) is 0 Å². The van der Waals surface area contributed by atoms with Gasteiger partial charge in [0.1, 0.15) is 0 Å². The Bertz CT molecular complexity index is 763. The summed E-state index contributed by atoms with van der Waals surface area (Å²) in [6, 6.07) is 15.6. The Morgan fingerprint density at radius 3 is 2.76 bits per heavy atom. The molecule has 0 aliphatic rings. The first-order chi connectivity index (χ1) is 10.2. The fourth-order valence-corrected chi connectivity index (χ4v) is 3.90. The van der Waals surface area contributed by atoms with E-state index >= 15 is 0 Å². The fraction of sp³-hybridized carbons (Fsp3) is 0.222. The smallest absolute Gasteiger partial charge is 0.0359 e. The summed E-state index contributed by atoms with van der Waals surface area (Å²) in [4.78, 5) is 0. The summed E-state index contributed by atoms with van der Waals surface area (Å²) in [7, 11) is 2.04. The van der Waals surface area contributed by atoms with E-state index in [0.29, 0.717) is 6.04 Å². The van der Waals surface area contributed by atoms with Crippen molar-refractivity contribution in [2.24, 2.45) is 0 Å².